The molecule has 25 heavy (non-hydrogen) atoms. The predicted molar refractivity (Wildman–Crippen MR) is 94.8 cm³/mol. The number of benzene rings is 1. The molecular weight excluding hydrogens is 419 g/mol. The number of carbonyl (C=O) groups is 1. The average Bonchev–Trinajstić information content (AvgIpc) is 3.07. The van der Waals surface area contributed by atoms with Gasteiger partial charge >= 0.3 is 6.18 Å². The van der Waals surface area contributed by atoms with E-state index in [0.717, 1.165) is 10.7 Å². The van der Waals surface area contributed by atoms with Crippen LogP contribution in [0.2, 0.25) is 0 Å². The molecule has 0 saturated carbocycles. The SMILES string of the molecule is O=C(Nc1ccccc1Br)C1CCN(c2ncc(C(F)(F)F)s2)CC1. The van der Waals surface area contributed by atoms with Gasteiger partial charge in [0.25, 0.3) is 0 Å². The van der Waals surface area contributed by atoms with Gasteiger partial charge in [-0.1, -0.05) is 23.5 Å². The molecule has 1 fully saturated rings. The van der Waals surface area contributed by atoms with Crippen molar-refractivity contribution in [2.24, 2.45) is 5.92 Å². The van der Waals surface area contributed by atoms with Crippen molar-refractivity contribution in [3.05, 3.63) is 39.8 Å². The van der Waals surface area contributed by atoms with Gasteiger partial charge in [-0.15, -0.1) is 0 Å². The van der Waals surface area contributed by atoms with Crippen LogP contribution < -0.4 is 10.2 Å². The van der Waals surface area contributed by atoms with E-state index in [1.54, 1.807) is 0 Å². The highest BCUT2D eigenvalue weighted by molar-refractivity contribution is 9.10. The van der Waals surface area contributed by atoms with Crippen molar-refractivity contribution in [1.82, 2.24) is 4.98 Å². The normalized spacial score (nSPS) is 16.1. The van der Waals surface area contributed by atoms with Gasteiger partial charge in [-0.05, 0) is 40.9 Å². The average molecular weight is 434 g/mol. The summed E-state index contributed by atoms with van der Waals surface area (Å²) in [5.74, 6) is -0.230. The molecule has 2 aromatic rings. The van der Waals surface area contributed by atoms with Crippen LogP contribution in [0.25, 0.3) is 0 Å². The van der Waals surface area contributed by atoms with Gasteiger partial charge in [0, 0.05) is 23.5 Å². The Hall–Kier alpha value is -1.61. The van der Waals surface area contributed by atoms with Gasteiger partial charge < -0.3 is 10.2 Å². The molecule has 0 spiro atoms. The molecule has 1 amide bonds. The number of nitrogens with one attached hydrogen (secondary N) is 1. The number of halogens is 4. The zero-order chi connectivity index (χ0) is 18.0. The summed E-state index contributed by atoms with van der Waals surface area (Å²) in [5.41, 5.74) is 0.713. The molecule has 0 radical (unpaired) electrons. The summed E-state index contributed by atoms with van der Waals surface area (Å²) < 4.78 is 38.8. The lowest BCUT2D eigenvalue weighted by Crippen LogP contribution is -2.38. The first-order chi connectivity index (χ1) is 11.8. The monoisotopic (exact) mass is 433 g/mol. The molecule has 0 unspecified atom stereocenters. The highest BCUT2D eigenvalue weighted by Crippen LogP contribution is 2.37. The third kappa shape index (κ3) is 4.33. The van der Waals surface area contributed by atoms with Crippen LogP contribution in [0.3, 0.4) is 0 Å². The molecule has 134 valence electrons. The number of nitrogens with zero attached hydrogens (tertiary/aromatic N) is 2. The van der Waals surface area contributed by atoms with Gasteiger partial charge in [-0.2, -0.15) is 13.2 Å². The second-order valence-electron chi connectivity index (χ2n) is 5.74. The molecule has 1 aliphatic heterocycles. The maximum Gasteiger partial charge on any atom is 0.427 e. The number of anilines is 2. The number of piperidine rings is 1. The first-order valence-corrected chi connectivity index (χ1v) is 9.29. The van der Waals surface area contributed by atoms with Crippen LogP contribution in [0.1, 0.15) is 17.7 Å². The summed E-state index contributed by atoms with van der Waals surface area (Å²) in [5, 5.41) is 3.25. The fourth-order valence-electron chi connectivity index (χ4n) is 2.67. The second-order valence-corrected chi connectivity index (χ2v) is 7.60. The summed E-state index contributed by atoms with van der Waals surface area (Å²) >= 11 is 4.03. The molecule has 2 heterocycles. The Morgan fingerprint density at radius 3 is 2.56 bits per heavy atom. The largest absolute Gasteiger partial charge is 0.427 e. The van der Waals surface area contributed by atoms with Crippen molar-refractivity contribution in [3.63, 3.8) is 0 Å². The van der Waals surface area contributed by atoms with Crippen LogP contribution in [0, 0.1) is 5.92 Å². The van der Waals surface area contributed by atoms with Crippen molar-refractivity contribution >= 4 is 44.0 Å². The van der Waals surface area contributed by atoms with Crippen LogP contribution in [0.15, 0.2) is 34.9 Å². The van der Waals surface area contributed by atoms with Crippen LogP contribution in [0.4, 0.5) is 24.0 Å². The summed E-state index contributed by atoms with van der Waals surface area (Å²) in [6, 6.07) is 7.36. The number of hydrogen-bond acceptors (Lipinski definition) is 4. The van der Waals surface area contributed by atoms with E-state index in [1.165, 1.54) is 0 Å². The van der Waals surface area contributed by atoms with Crippen molar-refractivity contribution in [1.29, 1.82) is 0 Å². The van der Waals surface area contributed by atoms with Gasteiger partial charge in [0.05, 0.1) is 11.9 Å². The molecule has 1 aromatic carbocycles. The highest BCUT2D eigenvalue weighted by atomic mass is 79.9. The smallest absolute Gasteiger partial charge is 0.348 e. The van der Waals surface area contributed by atoms with Crippen LogP contribution >= 0.6 is 27.3 Å². The van der Waals surface area contributed by atoms with Gasteiger partial charge in [0.15, 0.2) is 5.13 Å². The van der Waals surface area contributed by atoms with Crippen LogP contribution in [-0.2, 0) is 11.0 Å². The van der Waals surface area contributed by atoms with E-state index in [9.17, 15) is 18.0 Å². The standard InChI is InChI=1S/C16H15BrF3N3OS/c17-11-3-1-2-4-12(11)22-14(24)10-5-7-23(8-6-10)15-21-9-13(25-15)16(18,19)20/h1-4,9-10H,5-8H2,(H,22,24). The quantitative estimate of drug-likeness (QED) is 0.757. The first-order valence-electron chi connectivity index (χ1n) is 7.68. The van der Waals surface area contributed by atoms with E-state index in [-0.39, 0.29) is 11.8 Å². The van der Waals surface area contributed by atoms with E-state index in [2.05, 4.69) is 26.2 Å². The fraction of sp³-hybridized carbons (Fsp3) is 0.375. The lowest BCUT2D eigenvalue weighted by molar-refractivity contribution is -0.134. The Kier molecular flexibility index (Phi) is 5.33. The fourth-order valence-corrected chi connectivity index (χ4v) is 3.89. The number of para-hydroxylation sites is 1. The molecule has 3 rings (SSSR count). The number of carbonyl (C=O) groups excluding carboxylic acids is 1. The van der Waals surface area contributed by atoms with Crippen molar-refractivity contribution in [2.45, 2.75) is 19.0 Å². The molecule has 1 saturated heterocycles. The van der Waals surface area contributed by atoms with E-state index in [4.69, 9.17) is 0 Å². The Morgan fingerprint density at radius 2 is 1.96 bits per heavy atom. The maximum atomic E-state index is 12.7. The zero-order valence-electron chi connectivity index (χ0n) is 13.0. The third-order valence-electron chi connectivity index (χ3n) is 4.04. The molecular formula is C16H15BrF3N3OS. The molecule has 1 aliphatic rings. The zero-order valence-corrected chi connectivity index (χ0v) is 15.4. The molecule has 0 atom stereocenters. The summed E-state index contributed by atoms with van der Waals surface area (Å²) in [4.78, 5) is 17.4. The molecule has 0 bridgehead atoms. The van der Waals surface area contributed by atoms with Gasteiger partial charge in [-0.25, -0.2) is 4.98 Å². The number of amides is 1. The number of aromatic nitrogens is 1. The number of alkyl halides is 3. The minimum atomic E-state index is -4.36. The predicted octanol–water partition coefficient (Wildman–Crippen LogP) is 4.78. The van der Waals surface area contributed by atoms with E-state index >= 15 is 0 Å². The Morgan fingerprint density at radius 1 is 1.28 bits per heavy atom. The van der Waals surface area contributed by atoms with E-state index < -0.39 is 11.1 Å². The Labute approximate surface area is 155 Å². The summed E-state index contributed by atoms with van der Waals surface area (Å²) in [7, 11) is 0. The second kappa shape index (κ2) is 7.33. The molecule has 9 heteroatoms. The van der Waals surface area contributed by atoms with Crippen molar-refractivity contribution in [2.75, 3.05) is 23.3 Å². The molecule has 4 nitrogen and oxygen atoms in total. The van der Waals surface area contributed by atoms with Gasteiger partial charge in [0.1, 0.15) is 4.88 Å². The topological polar surface area (TPSA) is 45.2 Å². The number of thiazole rings is 1. The minimum Gasteiger partial charge on any atom is -0.348 e. The minimum absolute atomic E-state index is 0.0679. The van der Waals surface area contributed by atoms with Crippen molar-refractivity contribution < 1.29 is 18.0 Å². The summed E-state index contributed by atoms with van der Waals surface area (Å²) in [6.45, 7) is 1.03. The van der Waals surface area contributed by atoms with E-state index in [0.29, 0.717) is 48.1 Å². The number of rotatable bonds is 3. The number of hydrogen-bond donors (Lipinski definition) is 1. The third-order valence-corrected chi connectivity index (χ3v) is 5.84. The lowest BCUT2D eigenvalue weighted by Gasteiger charge is -2.31. The summed E-state index contributed by atoms with van der Waals surface area (Å²) in [6.07, 6.45) is -2.34. The van der Waals surface area contributed by atoms with Crippen LogP contribution in [-0.4, -0.2) is 24.0 Å². The van der Waals surface area contributed by atoms with Gasteiger partial charge in [-0.3, -0.25) is 4.79 Å². The Bertz CT molecular complexity index is 757. The Balaban J connectivity index is 1.57. The highest BCUT2D eigenvalue weighted by Gasteiger charge is 2.34. The molecule has 0 aliphatic carbocycles. The maximum absolute atomic E-state index is 12.7. The van der Waals surface area contributed by atoms with Crippen LogP contribution in [0.5, 0.6) is 0 Å². The van der Waals surface area contributed by atoms with Gasteiger partial charge in [0.2, 0.25) is 5.91 Å². The van der Waals surface area contributed by atoms with Crippen molar-refractivity contribution in [3.8, 4) is 0 Å². The van der Waals surface area contributed by atoms with E-state index in [1.807, 2.05) is 29.2 Å². The lowest BCUT2D eigenvalue weighted by atomic mass is 9.96. The molecule has 1 N–H and O–H groups in total. The first kappa shape index (κ1) is 18.2. The molecule has 1 aromatic heterocycles.